The van der Waals surface area contributed by atoms with Crippen LogP contribution in [0.5, 0.6) is 0 Å². The topological polar surface area (TPSA) is 107 Å². The van der Waals surface area contributed by atoms with Crippen LogP contribution in [0.15, 0.2) is 36.7 Å². The number of aromatic amines is 1. The fourth-order valence-corrected chi connectivity index (χ4v) is 1.63. The number of hydrogen-bond acceptors (Lipinski definition) is 3. The predicted molar refractivity (Wildman–Crippen MR) is 72.7 cm³/mol. The molecule has 0 aliphatic carbocycles. The number of H-pyrrole nitrogens is 1. The molecule has 0 aliphatic heterocycles. The summed E-state index contributed by atoms with van der Waals surface area (Å²) in [6.07, 6.45) is 3.70. The number of aromatic nitrogens is 2. The van der Waals surface area contributed by atoms with E-state index in [9.17, 15) is 9.59 Å². The van der Waals surface area contributed by atoms with Crippen LogP contribution in [-0.2, 0) is 6.42 Å². The molecule has 104 valence electrons. The molecule has 7 nitrogen and oxygen atoms in total. The van der Waals surface area contributed by atoms with Gasteiger partial charge in [-0.25, -0.2) is 9.59 Å². The number of anilines is 1. The molecule has 1 aromatic heterocycles. The van der Waals surface area contributed by atoms with Gasteiger partial charge in [-0.2, -0.15) is 5.10 Å². The minimum Gasteiger partial charge on any atom is -0.478 e. The molecule has 0 radical (unpaired) electrons. The number of carboxylic acid groups (broad SMARTS) is 1. The highest BCUT2D eigenvalue weighted by molar-refractivity contribution is 5.89. The molecule has 0 atom stereocenters. The Hall–Kier alpha value is -2.83. The van der Waals surface area contributed by atoms with Crippen LogP contribution in [0.4, 0.5) is 10.5 Å². The number of carbonyl (C=O) groups excluding carboxylic acids is 1. The van der Waals surface area contributed by atoms with Gasteiger partial charge in [0.05, 0.1) is 17.4 Å². The molecule has 2 amide bonds. The quantitative estimate of drug-likeness (QED) is 0.662. The maximum atomic E-state index is 11.5. The van der Waals surface area contributed by atoms with Crippen molar-refractivity contribution in [2.45, 2.75) is 6.42 Å². The highest BCUT2D eigenvalue weighted by atomic mass is 16.4. The Morgan fingerprint density at radius 2 is 2.00 bits per heavy atom. The molecular formula is C13H14N4O3. The van der Waals surface area contributed by atoms with Crippen molar-refractivity contribution in [3.8, 4) is 0 Å². The standard InChI is InChI=1S/C13H14N4O3/c18-12(19)10-3-1-9(2-4-10)5-6-14-13(20)17-11-7-15-16-8-11/h1-4,7-8H,5-6H2,(H,15,16)(H,18,19)(H2,14,17,20). The van der Waals surface area contributed by atoms with Crippen molar-refractivity contribution < 1.29 is 14.7 Å². The zero-order valence-electron chi connectivity index (χ0n) is 10.6. The summed E-state index contributed by atoms with van der Waals surface area (Å²) in [5.74, 6) is -0.950. The number of rotatable bonds is 5. The number of hydrogen-bond donors (Lipinski definition) is 4. The molecule has 0 unspecified atom stereocenters. The molecule has 4 N–H and O–H groups in total. The first-order valence-electron chi connectivity index (χ1n) is 6.01. The van der Waals surface area contributed by atoms with E-state index >= 15 is 0 Å². The van der Waals surface area contributed by atoms with Gasteiger partial charge in [-0.1, -0.05) is 12.1 Å². The smallest absolute Gasteiger partial charge is 0.335 e. The molecule has 2 rings (SSSR count). The van der Waals surface area contributed by atoms with E-state index in [1.165, 1.54) is 6.20 Å². The second kappa shape index (κ2) is 6.37. The number of urea groups is 1. The van der Waals surface area contributed by atoms with Crippen molar-refractivity contribution in [2.24, 2.45) is 0 Å². The lowest BCUT2D eigenvalue weighted by Gasteiger charge is -2.06. The van der Waals surface area contributed by atoms with Crippen molar-refractivity contribution in [3.63, 3.8) is 0 Å². The van der Waals surface area contributed by atoms with Gasteiger partial charge in [0.2, 0.25) is 0 Å². The highest BCUT2D eigenvalue weighted by Gasteiger charge is 2.03. The Kier molecular flexibility index (Phi) is 4.33. The van der Waals surface area contributed by atoms with Crippen LogP contribution in [0.3, 0.4) is 0 Å². The zero-order valence-corrected chi connectivity index (χ0v) is 10.6. The van der Waals surface area contributed by atoms with Crippen molar-refractivity contribution in [1.82, 2.24) is 15.5 Å². The van der Waals surface area contributed by atoms with Crippen molar-refractivity contribution in [3.05, 3.63) is 47.8 Å². The van der Waals surface area contributed by atoms with Gasteiger partial charge >= 0.3 is 12.0 Å². The van der Waals surface area contributed by atoms with Gasteiger partial charge < -0.3 is 15.7 Å². The summed E-state index contributed by atoms with van der Waals surface area (Å²) in [4.78, 5) is 22.2. The minimum atomic E-state index is -0.950. The number of amides is 2. The number of carboxylic acids is 1. The second-order valence-corrected chi connectivity index (χ2v) is 4.12. The van der Waals surface area contributed by atoms with Gasteiger partial charge in [-0.15, -0.1) is 0 Å². The van der Waals surface area contributed by atoms with Gasteiger partial charge in [-0.3, -0.25) is 5.10 Å². The van der Waals surface area contributed by atoms with Gasteiger partial charge in [0, 0.05) is 12.7 Å². The molecule has 7 heteroatoms. The maximum Gasteiger partial charge on any atom is 0.335 e. The van der Waals surface area contributed by atoms with E-state index < -0.39 is 5.97 Å². The molecule has 0 bridgehead atoms. The molecule has 1 heterocycles. The van der Waals surface area contributed by atoms with E-state index in [0.717, 1.165) is 5.56 Å². The molecule has 0 spiro atoms. The molecule has 1 aromatic carbocycles. The normalized spacial score (nSPS) is 10.0. The second-order valence-electron chi connectivity index (χ2n) is 4.12. The Morgan fingerprint density at radius 1 is 1.25 bits per heavy atom. The fraction of sp³-hybridized carbons (Fsp3) is 0.154. The largest absolute Gasteiger partial charge is 0.478 e. The molecule has 0 aliphatic rings. The lowest BCUT2D eigenvalue weighted by Crippen LogP contribution is -2.30. The predicted octanol–water partition coefficient (Wildman–Crippen LogP) is 1.47. The van der Waals surface area contributed by atoms with Gasteiger partial charge in [0.1, 0.15) is 0 Å². The van der Waals surface area contributed by atoms with E-state index in [1.54, 1.807) is 30.5 Å². The van der Waals surface area contributed by atoms with Crippen LogP contribution < -0.4 is 10.6 Å². The van der Waals surface area contributed by atoms with Gasteiger partial charge in [0.15, 0.2) is 0 Å². The summed E-state index contributed by atoms with van der Waals surface area (Å²) in [5, 5.41) is 20.4. The SMILES string of the molecule is O=C(NCCc1ccc(C(=O)O)cc1)Nc1cn[nH]c1. The summed E-state index contributed by atoms with van der Waals surface area (Å²) in [6, 6.07) is 6.25. The third-order valence-electron chi connectivity index (χ3n) is 2.66. The summed E-state index contributed by atoms with van der Waals surface area (Å²) in [6.45, 7) is 0.454. The number of nitrogens with one attached hydrogen (secondary N) is 3. The maximum absolute atomic E-state index is 11.5. The summed E-state index contributed by atoms with van der Waals surface area (Å²) in [5.41, 5.74) is 1.80. The summed E-state index contributed by atoms with van der Waals surface area (Å²) >= 11 is 0. The van der Waals surface area contributed by atoms with Crippen LogP contribution in [0.1, 0.15) is 15.9 Å². The number of nitrogens with zero attached hydrogens (tertiary/aromatic N) is 1. The average Bonchev–Trinajstić information content (AvgIpc) is 2.92. The average molecular weight is 274 g/mol. The number of carbonyl (C=O) groups is 2. The Morgan fingerprint density at radius 3 is 2.60 bits per heavy atom. The lowest BCUT2D eigenvalue weighted by molar-refractivity contribution is 0.0697. The van der Waals surface area contributed by atoms with E-state index in [-0.39, 0.29) is 11.6 Å². The van der Waals surface area contributed by atoms with Crippen molar-refractivity contribution >= 4 is 17.7 Å². The monoisotopic (exact) mass is 274 g/mol. The van der Waals surface area contributed by atoms with Crippen molar-refractivity contribution in [1.29, 1.82) is 0 Å². The summed E-state index contributed by atoms with van der Waals surface area (Å²) in [7, 11) is 0. The molecule has 20 heavy (non-hydrogen) atoms. The zero-order chi connectivity index (χ0) is 14.4. The number of benzene rings is 1. The van der Waals surface area contributed by atoms with Crippen LogP contribution in [0.2, 0.25) is 0 Å². The van der Waals surface area contributed by atoms with Crippen LogP contribution in [0, 0.1) is 0 Å². The summed E-state index contributed by atoms with van der Waals surface area (Å²) < 4.78 is 0. The Balaban J connectivity index is 1.75. The number of aromatic carboxylic acids is 1. The molecule has 0 saturated heterocycles. The van der Waals surface area contributed by atoms with Crippen LogP contribution >= 0.6 is 0 Å². The third-order valence-corrected chi connectivity index (χ3v) is 2.66. The van der Waals surface area contributed by atoms with E-state index in [0.29, 0.717) is 18.7 Å². The minimum absolute atomic E-state index is 0.249. The van der Waals surface area contributed by atoms with Crippen LogP contribution in [0.25, 0.3) is 0 Å². The van der Waals surface area contributed by atoms with E-state index in [4.69, 9.17) is 5.11 Å². The molecule has 2 aromatic rings. The Labute approximate surface area is 115 Å². The first-order chi connectivity index (χ1) is 9.65. The van der Waals surface area contributed by atoms with Crippen molar-refractivity contribution in [2.75, 3.05) is 11.9 Å². The first-order valence-corrected chi connectivity index (χ1v) is 6.01. The van der Waals surface area contributed by atoms with Gasteiger partial charge in [0.25, 0.3) is 0 Å². The molecule has 0 saturated carbocycles. The Bertz CT molecular complexity index is 578. The third kappa shape index (κ3) is 3.84. The molecular weight excluding hydrogens is 260 g/mol. The lowest BCUT2D eigenvalue weighted by atomic mass is 10.1. The fourth-order valence-electron chi connectivity index (χ4n) is 1.63. The van der Waals surface area contributed by atoms with E-state index in [1.807, 2.05) is 0 Å². The first kappa shape index (κ1) is 13.6. The highest BCUT2D eigenvalue weighted by Crippen LogP contribution is 2.05. The molecule has 0 fully saturated rings. The van der Waals surface area contributed by atoms with E-state index in [2.05, 4.69) is 20.8 Å². The van der Waals surface area contributed by atoms with Crippen LogP contribution in [-0.4, -0.2) is 33.8 Å². The van der Waals surface area contributed by atoms with Gasteiger partial charge in [-0.05, 0) is 24.1 Å².